The lowest BCUT2D eigenvalue weighted by Gasteiger charge is -2.39. The number of carbonyl (C=O) groups excluding carboxylic acids is 2. The lowest BCUT2D eigenvalue weighted by atomic mass is 9.91. The highest BCUT2D eigenvalue weighted by Crippen LogP contribution is 2.38. The second kappa shape index (κ2) is 5.51. The number of urea groups is 1. The topological polar surface area (TPSA) is 67.4 Å². The quantitative estimate of drug-likeness (QED) is 0.662. The van der Waals surface area contributed by atoms with Gasteiger partial charge in [-0.15, -0.1) is 0 Å². The molecule has 0 saturated carbocycles. The van der Waals surface area contributed by atoms with Crippen LogP contribution in [0.1, 0.15) is 26.3 Å². The maximum absolute atomic E-state index is 12.4. The molecule has 5 nitrogen and oxygen atoms in total. The molecular weight excluding hydrogens is 296 g/mol. The van der Waals surface area contributed by atoms with Crippen LogP contribution in [0.2, 0.25) is 18.1 Å². The number of imide groups is 1. The number of hydrogen-bond acceptors (Lipinski definition) is 3. The summed E-state index contributed by atoms with van der Waals surface area (Å²) in [5, 5.41) is 5.11. The van der Waals surface area contributed by atoms with Gasteiger partial charge in [0.2, 0.25) is 0 Å². The minimum atomic E-state index is -2.04. The molecular formula is C16H24N2O3Si. The van der Waals surface area contributed by atoms with Crippen LogP contribution in [0.4, 0.5) is 4.79 Å². The van der Waals surface area contributed by atoms with E-state index in [1.807, 2.05) is 30.3 Å². The minimum Gasteiger partial charge on any atom is -0.414 e. The maximum atomic E-state index is 12.4. The summed E-state index contributed by atoms with van der Waals surface area (Å²) in [5.41, 5.74) is -0.412. The number of rotatable bonds is 4. The van der Waals surface area contributed by atoms with Crippen molar-refractivity contribution in [2.24, 2.45) is 0 Å². The molecule has 3 amide bonds. The van der Waals surface area contributed by atoms with Crippen LogP contribution < -0.4 is 10.6 Å². The largest absolute Gasteiger partial charge is 0.414 e. The van der Waals surface area contributed by atoms with Crippen molar-refractivity contribution in [3.63, 3.8) is 0 Å². The van der Waals surface area contributed by atoms with E-state index >= 15 is 0 Å². The van der Waals surface area contributed by atoms with Crippen LogP contribution in [0.15, 0.2) is 30.3 Å². The second-order valence-corrected chi connectivity index (χ2v) is 12.0. The molecule has 1 aromatic carbocycles. The van der Waals surface area contributed by atoms with Gasteiger partial charge in [0, 0.05) is 0 Å². The van der Waals surface area contributed by atoms with Gasteiger partial charge >= 0.3 is 6.03 Å². The van der Waals surface area contributed by atoms with E-state index < -0.39 is 19.9 Å². The van der Waals surface area contributed by atoms with Gasteiger partial charge in [-0.3, -0.25) is 10.1 Å². The van der Waals surface area contributed by atoms with E-state index in [-0.39, 0.29) is 17.6 Å². The van der Waals surface area contributed by atoms with Crippen LogP contribution in [0.3, 0.4) is 0 Å². The summed E-state index contributed by atoms with van der Waals surface area (Å²) in [6.45, 7) is 10.8. The normalized spacial score (nSPS) is 22.4. The Morgan fingerprint density at radius 3 is 2.18 bits per heavy atom. The van der Waals surface area contributed by atoms with Gasteiger partial charge in [0.1, 0.15) is 0 Å². The molecule has 1 fully saturated rings. The molecule has 0 bridgehead atoms. The molecule has 0 aromatic heterocycles. The molecule has 1 aromatic rings. The second-order valence-electron chi connectivity index (χ2n) is 7.23. The van der Waals surface area contributed by atoms with Crippen LogP contribution >= 0.6 is 0 Å². The summed E-state index contributed by atoms with van der Waals surface area (Å²) < 4.78 is 6.22. The summed E-state index contributed by atoms with van der Waals surface area (Å²) in [7, 11) is -2.04. The molecule has 120 valence electrons. The molecule has 1 saturated heterocycles. The molecule has 1 aliphatic heterocycles. The zero-order valence-electron chi connectivity index (χ0n) is 13.8. The predicted octanol–water partition coefficient (Wildman–Crippen LogP) is 2.74. The first kappa shape index (κ1) is 16.7. The van der Waals surface area contributed by atoms with E-state index in [1.165, 1.54) is 0 Å². The number of benzene rings is 1. The third-order valence-electron chi connectivity index (χ3n) is 4.66. The van der Waals surface area contributed by atoms with Gasteiger partial charge < -0.3 is 9.74 Å². The number of hydrogen-bond donors (Lipinski definition) is 2. The Morgan fingerprint density at radius 1 is 1.14 bits per heavy atom. The summed E-state index contributed by atoms with van der Waals surface area (Å²) in [6.07, 6.45) is 0. The fourth-order valence-electron chi connectivity index (χ4n) is 2.11. The van der Waals surface area contributed by atoms with Crippen molar-refractivity contribution in [2.45, 2.75) is 44.4 Å². The Morgan fingerprint density at radius 2 is 1.73 bits per heavy atom. The zero-order chi connectivity index (χ0) is 16.6. The third kappa shape index (κ3) is 2.93. The molecule has 0 aliphatic carbocycles. The summed E-state index contributed by atoms with van der Waals surface area (Å²) in [5.74, 6) is -0.359. The fraction of sp³-hybridized carbons (Fsp3) is 0.500. The molecule has 1 heterocycles. The number of amides is 3. The van der Waals surface area contributed by atoms with E-state index in [4.69, 9.17) is 4.43 Å². The highest BCUT2D eigenvalue weighted by molar-refractivity contribution is 6.74. The molecule has 0 radical (unpaired) electrons. The first-order valence-corrected chi connectivity index (χ1v) is 10.3. The molecule has 6 heteroatoms. The minimum absolute atomic E-state index is 0.0317. The molecule has 0 spiro atoms. The van der Waals surface area contributed by atoms with Crippen LogP contribution in [-0.2, 0) is 14.8 Å². The first-order valence-electron chi connectivity index (χ1n) is 7.42. The van der Waals surface area contributed by atoms with Gasteiger partial charge in [0.05, 0.1) is 6.61 Å². The predicted molar refractivity (Wildman–Crippen MR) is 87.9 cm³/mol. The van der Waals surface area contributed by atoms with Crippen molar-refractivity contribution in [1.82, 2.24) is 10.6 Å². The first-order chi connectivity index (χ1) is 10.1. The van der Waals surface area contributed by atoms with E-state index in [2.05, 4.69) is 44.5 Å². The van der Waals surface area contributed by atoms with Crippen molar-refractivity contribution < 1.29 is 14.0 Å². The number of carbonyl (C=O) groups is 2. The van der Waals surface area contributed by atoms with Gasteiger partial charge in [-0.2, -0.15) is 0 Å². The van der Waals surface area contributed by atoms with Crippen molar-refractivity contribution in [2.75, 3.05) is 6.61 Å². The van der Waals surface area contributed by atoms with E-state index in [1.54, 1.807) is 0 Å². The van der Waals surface area contributed by atoms with Gasteiger partial charge in [-0.1, -0.05) is 51.1 Å². The number of nitrogens with one attached hydrogen (secondary N) is 2. The van der Waals surface area contributed by atoms with Crippen molar-refractivity contribution >= 4 is 20.3 Å². The molecule has 1 aliphatic rings. The molecule has 22 heavy (non-hydrogen) atoms. The van der Waals surface area contributed by atoms with E-state index in [0.29, 0.717) is 0 Å². The fourth-order valence-corrected chi connectivity index (χ4v) is 3.12. The van der Waals surface area contributed by atoms with E-state index in [0.717, 1.165) is 5.56 Å². The van der Waals surface area contributed by atoms with Gasteiger partial charge in [0.15, 0.2) is 13.9 Å². The smallest absolute Gasteiger partial charge is 0.322 e. The van der Waals surface area contributed by atoms with Gasteiger partial charge in [-0.25, -0.2) is 4.79 Å². The highest BCUT2D eigenvalue weighted by Gasteiger charge is 2.50. The van der Waals surface area contributed by atoms with Crippen LogP contribution in [-0.4, -0.2) is 26.9 Å². The SMILES string of the molecule is CC(C)(C)[Si](C)(C)OCC1(c2ccccc2)NC(=O)NC1=O. The lowest BCUT2D eigenvalue weighted by molar-refractivity contribution is -0.125. The van der Waals surface area contributed by atoms with Gasteiger partial charge in [0.25, 0.3) is 5.91 Å². The van der Waals surface area contributed by atoms with Crippen LogP contribution in [0.25, 0.3) is 0 Å². The summed E-state index contributed by atoms with van der Waals surface area (Å²) >= 11 is 0. The molecule has 1 unspecified atom stereocenters. The Kier molecular flexibility index (Phi) is 4.19. The Balaban J connectivity index is 2.32. The lowest BCUT2D eigenvalue weighted by Crippen LogP contribution is -2.52. The standard InChI is InChI=1S/C16H24N2O3Si/c1-15(2,3)22(4,5)21-11-16(12-9-7-6-8-10-12)13(19)17-14(20)18-16/h6-10H,11H2,1-5H3,(H2,17,18,19,20). The average Bonchev–Trinajstić information content (AvgIpc) is 2.72. The Hall–Kier alpha value is -1.66. The van der Waals surface area contributed by atoms with Crippen LogP contribution in [0.5, 0.6) is 0 Å². The Bertz CT molecular complexity index is 581. The maximum Gasteiger partial charge on any atom is 0.322 e. The van der Waals surface area contributed by atoms with Crippen molar-refractivity contribution in [1.29, 1.82) is 0 Å². The summed E-state index contributed by atoms with van der Waals surface area (Å²) in [6, 6.07) is 8.76. The Labute approximate surface area is 132 Å². The highest BCUT2D eigenvalue weighted by atomic mass is 28.4. The van der Waals surface area contributed by atoms with Crippen molar-refractivity contribution in [3.8, 4) is 0 Å². The average molecular weight is 320 g/mol. The summed E-state index contributed by atoms with van der Waals surface area (Å²) in [4.78, 5) is 24.1. The zero-order valence-corrected chi connectivity index (χ0v) is 14.8. The van der Waals surface area contributed by atoms with Gasteiger partial charge in [-0.05, 0) is 23.7 Å². The monoisotopic (exact) mass is 320 g/mol. The molecule has 1 atom stereocenters. The molecule has 2 rings (SSSR count). The van der Waals surface area contributed by atoms with E-state index in [9.17, 15) is 9.59 Å². The van der Waals surface area contributed by atoms with Crippen LogP contribution in [0, 0.1) is 0 Å². The molecule has 2 N–H and O–H groups in total. The third-order valence-corrected chi connectivity index (χ3v) is 9.14. The van der Waals surface area contributed by atoms with Crippen molar-refractivity contribution in [3.05, 3.63) is 35.9 Å².